The summed E-state index contributed by atoms with van der Waals surface area (Å²) in [6.07, 6.45) is -1.49. The first-order chi connectivity index (χ1) is 9.79. The van der Waals surface area contributed by atoms with Crippen LogP contribution in [0.3, 0.4) is 0 Å². The van der Waals surface area contributed by atoms with Crippen molar-refractivity contribution in [1.29, 1.82) is 0 Å². The van der Waals surface area contributed by atoms with Crippen molar-refractivity contribution >= 4 is 11.6 Å². The van der Waals surface area contributed by atoms with Gasteiger partial charge in [-0.25, -0.2) is 0 Å². The summed E-state index contributed by atoms with van der Waals surface area (Å²) in [5.74, 6) is -0.873. The number of nitrogen functional groups attached to an aromatic ring is 1. The maximum atomic E-state index is 12.9. The molecule has 0 radical (unpaired) electrons. The Kier molecular flexibility index (Phi) is 3.93. The number of anilines is 1. The van der Waals surface area contributed by atoms with Crippen LogP contribution < -0.4 is 16.2 Å². The van der Waals surface area contributed by atoms with Gasteiger partial charge in [-0.3, -0.25) is 4.79 Å². The summed E-state index contributed by atoms with van der Waals surface area (Å²) in [6, 6.07) is 3.99. The van der Waals surface area contributed by atoms with Gasteiger partial charge in [0.1, 0.15) is 11.5 Å². The average molecular weight is 298 g/mol. The van der Waals surface area contributed by atoms with E-state index in [2.05, 4.69) is 0 Å². The molecule has 112 valence electrons. The van der Waals surface area contributed by atoms with Gasteiger partial charge in [0.05, 0.1) is 11.1 Å². The second-order valence-electron chi connectivity index (χ2n) is 4.49. The van der Waals surface area contributed by atoms with Gasteiger partial charge in [-0.1, -0.05) is 12.2 Å². The number of amides is 1. The number of benzene rings is 1. The molecule has 1 aromatic rings. The number of hydrogen-bond donors (Lipinski definition) is 2. The molecule has 0 fully saturated rings. The van der Waals surface area contributed by atoms with E-state index in [-0.39, 0.29) is 29.2 Å². The van der Waals surface area contributed by atoms with Crippen molar-refractivity contribution in [3.63, 3.8) is 0 Å². The third-order valence-corrected chi connectivity index (χ3v) is 2.96. The molecule has 1 aliphatic carbocycles. The predicted octanol–water partition coefficient (Wildman–Crippen LogP) is 2.91. The standard InChI is InChI=1S/C14H13F3N2O2/c15-14(16,17)10-3-1-2-4-12(10)21-8-5-6-11(18)9(7-8)13(19)20/h1,3,5-7H,2,4,18H2,(H2,19,20). The van der Waals surface area contributed by atoms with Crippen LogP contribution in [0.15, 0.2) is 41.7 Å². The van der Waals surface area contributed by atoms with E-state index in [4.69, 9.17) is 16.2 Å². The molecule has 0 saturated heterocycles. The molecule has 0 bridgehead atoms. The monoisotopic (exact) mass is 298 g/mol. The number of allylic oxidation sites excluding steroid dienone is 4. The molecule has 4 N–H and O–H groups in total. The lowest BCUT2D eigenvalue weighted by molar-refractivity contribution is -0.0910. The van der Waals surface area contributed by atoms with E-state index in [1.165, 1.54) is 24.3 Å². The van der Waals surface area contributed by atoms with Gasteiger partial charge in [0.15, 0.2) is 0 Å². The Bertz CT molecular complexity index is 634. The molecule has 7 heteroatoms. The molecule has 0 heterocycles. The second kappa shape index (κ2) is 5.51. The number of ether oxygens (including phenoxy) is 1. The highest BCUT2D eigenvalue weighted by Crippen LogP contribution is 2.35. The van der Waals surface area contributed by atoms with E-state index in [9.17, 15) is 18.0 Å². The third-order valence-electron chi connectivity index (χ3n) is 2.96. The summed E-state index contributed by atoms with van der Waals surface area (Å²) < 4.78 is 43.9. The van der Waals surface area contributed by atoms with Crippen molar-refractivity contribution in [2.45, 2.75) is 19.0 Å². The Labute approximate surface area is 118 Å². The molecule has 0 atom stereocenters. The summed E-state index contributed by atoms with van der Waals surface area (Å²) in [5, 5.41) is 0. The van der Waals surface area contributed by atoms with Crippen LogP contribution in [0.4, 0.5) is 18.9 Å². The van der Waals surface area contributed by atoms with Gasteiger partial charge in [0, 0.05) is 12.1 Å². The van der Waals surface area contributed by atoms with E-state index in [1.807, 2.05) is 0 Å². The molecule has 1 amide bonds. The van der Waals surface area contributed by atoms with Crippen molar-refractivity contribution in [2.24, 2.45) is 5.73 Å². The van der Waals surface area contributed by atoms with Gasteiger partial charge in [-0.15, -0.1) is 0 Å². The minimum atomic E-state index is -4.49. The summed E-state index contributed by atoms with van der Waals surface area (Å²) in [5.41, 5.74) is 10.0. The maximum absolute atomic E-state index is 12.9. The van der Waals surface area contributed by atoms with E-state index in [0.29, 0.717) is 6.42 Å². The van der Waals surface area contributed by atoms with Crippen LogP contribution in [0.25, 0.3) is 0 Å². The minimum absolute atomic E-state index is 0.00742. The highest BCUT2D eigenvalue weighted by molar-refractivity contribution is 5.98. The zero-order valence-corrected chi connectivity index (χ0v) is 10.9. The van der Waals surface area contributed by atoms with Gasteiger partial charge < -0.3 is 16.2 Å². The van der Waals surface area contributed by atoms with Crippen LogP contribution in [-0.2, 0) is 0 Å². The molecule has 0 saturated carbocycles. The van der Waals surface area contributed by atoms with E-state index < -0.39 is 17.7 Å². The largest absolute Gasteiger partial charge is 0.461 e. The van der Waals surface area contributed by atoms with Gasteiger partial charge in [-0.05, 0) is 24.6 Å². The first kappa shape index (κ1) is 15.0. The molecule has 0 unspecified atom stereocenters. The molecule has 1 aliphatic rings. The Morgan fingerprint density at radius 3 is 2.62 bits per heavy atom. The van der Waals surface area contributed by atoms with Crippen molar-refractivity contribution in [3.05, 3.63) is 47.2 Å². The molecule has 0 spiro atoms. The Morgan fingerprint density at radius 1 is 1.29 bits per heavy atom. The lowest BCUT2D eigenvalue weighted by Crippen LogP contribution is -2.17. The first-order valence-electron chi connectivity index (χ1n) is 6.13. The number of primary amides is 1. The third kappa shape index (κ3) is 3.36. The van der Waals surface area contributed by atoms with Crippen molar-refractivity contribution in [2.75, 3.05) is 5.73 Å². The van der Waals surface area contributed by atoms with Gasteiger partial charge >= 0.3 is 6.18 Å². The van der Waals surface area contributed by atoms with Crippen molar-refractivity contribution in [1.82, 2.24) is 0 Å². The van der Waals surface area contributed by atoms with Crippen molar-refractivity contribution in [3.8, 4) is 5.75 Å². The number of alkyl halides is 3. The summed E-state index contributed by atoms with van der Waals surface area (Å²) in [6.45, 7) is 0. The molecular weight excluding hydrogens is 285 g/mol. The number of rotatable bonds is 3. The number of hydrogen-bond acceptors (Lipinski definition) is 3. The molecule has 4 nitrogen and oxygen atoms in total. The fourth-order valence-electron chi connectivity index (χ4n) is 1.96. The zero-order valence-electron chi connectivity index (χ0n) is 10.9. The molecule has 21 heavy (non-hydrogen) atoms. The number of halogens is 3. The van der Waals surface area contributed by atoms with Gasteiger partial charge in [-0.2, -0.15) is 13.2 Å². The van der Waals surface area contributed by atoms with Crippen LogP contribution in [0.5, 0.6) is 5.75 Å². The highest BCUT2D eigenvalue weighted by atomic mass is 19.4. The second-order valence-corrected chi connectivity index (χ2v) is 4.49. The van der Waals surface area contributed by atoms with E-state index >= 15 is 0 Å². The summed E-state index contributed by atoms with van der Waals surface area (Å²) in [7, 11) is 0. The van der Waals surface area contributed by atoms with Crippen molar-refractivity contribution < 1.29 is 22.7 Å². The predicted molar refractivity (Wildman–Crippen MR) is 71.5 cm³/mol. The normalized spacial score (nSPS) is 15.2. The molecular formula is C14H13F3N2O2. The lowest BCUT2D eigenvalue weighted by Gasteiger charge is -2.19. The van der Waals surface area contributed by atoms with Gasteiger partial charge in [0.25, 0.3) is 5.91 Å². The van der Waals surface area contributed by atoms with Crippen LogP contribution in [0, 0.1) is 0 Å². The molecule has 0 aliphatic heterocycles. The summed E-state index contributed by atoms with van der Waals surface area (Å²) >= 11 is 0. The Hall–Kier alpha value is -2.44. The Balaban J connectivity index is 2.36. The minimum Gasteiger partial charge on any atom is -0.461 e. The average Bonchev–Trinajstić information content (AvgIpc) is 2.40. The quantitative estimate of drug-likeness (QED) is 0.842. The number of carbonyl (C=O) groups is 1. The first-order valence-corrected chi connectivity index (χ1v) is 6.13. The number of carbonyl (C=O) groups excluding carboxylic acids is 1. The summed E-state index contributed by atoms with van der Waals surface area (Å²) in [4.78, 5) is 11.2. The fraction of sp³-hybridized carbons (Fsp3) is 0.214. The molecule has 0 aromatic heterocycles. The SMILES string of the molecule is NC(=O)c1cc(OC2=C(C(F)(F)F)C=CCC2)ccc1N. The fourth-order valence-corrected chi connectivity index (χ4v) is 1.96. The van der Waals surface area contributed by atoms with Crippen LogP contribution in [0.1, 0.15) is 23.2 Å². The van der Waals surface area contributed by atoms with E-state index in [1.54, 1.807) is 0 Å². The molecule has 2 rings (SSSR count). The number of nitrogens with two attached hydrogens (primary N) is 2. The lowest BCUT2D eigenvalue weighted by atomic mass is 10.0. The zero-order chi connectivity index (χ0) is 15.6. The topological polar surface area (TPSA) is 78.3 Å². The molecule has 1 aromatic carbocycles. The smallest absolute Gasteiger partial charge is 0.419 e. The van der Waals surface area contributed by atoms with E-state index in [0.717, 1.165) is 6.08 Å². The van der Waals surface area contributed by atoms with Crippen LogP contribution in [-0.4, -0.2) is 12.1 Å². The Morgan fingerprint density at radius 2 is 2.00 bits per heavy atom. The van der Waals surface area contributed by atoms with Crippen LogP contribution in [0.2, 0.25) is 0 Å². The maximum Gasteiger partial charge on any atom is 0.419 e. The van der Waals surface area contributed by atoms with Gasteiger partial charge in [0.2, 0.25) is 0 Å². The highest BCUT2D eigenvalue weighted by Gasteiger charge is 2.36. The van der Waals surface area contributed by atoms with Crippen LogP contribution >= 0.6 is 0 Å².